The Morgan fingerprint density at radius 3 is 2.44 bits per heavy atom. The van der Waals surface area contributed by atoms with Crippen LogP contribution in [0.15, 0.2) is 59.7 Å². The molecule has 0 bridgehead atoms. The van der Waals surface area contributed by atoms with Crippen molar-refractivity contribution >= 4 is 12.1 Å². The fraction of sp³-hybridized carbons (Fsp3) is 0.190. The molecule has 0 saturated carbocycles. The van der Waals surface area contributed by atoms with E-state index in [0.29, 0.717) is 12.1 Å². The molecule has 1 heterocycles. The average molecular weight is 362 g/mol. The largest absolute Gasteiger partial charge is 0.497 e. The number of aromatic nitrogens is 2. The van der Waals surface area contributed by atoms with E-state index in [0.717, 1.165) is 28.3 Å². The van der Waals surface area contributed by atoms with Gasteiger partial charge in [0.25, 0.3) is 5.91 Å². The Bertz CT molecular complexity index is 941. The van der Waals surface area contributed by atoms with E-state index in [-0.39, 0.29) is 5.91 Å². The molecule has 0 radical (unpaired) electrons. The number of amides is 1. The number of nitrogens with one attached hydrogen (secondary N) is 1. The van der Waals surface area contributed by atoms with Gasteiger partial charge in [0.2, 0.25) is 0 Å². The summed E-state index contributed by atoms with van der Waals surface area (Å²) in [5, 5.41) is 8.45. The monoisotopic (exact) mass is 362 g/mol. The summed E-state index contributed by atoms with van der Waals surface area (Å²) in [5.41, 5.74) is 7.16. The number of carbonyl (C=O) groups is 1. The number of carbonyl (C=O) groups excluding carboxylic acids is 1. The summed E-state index contributed by atoms with van der Waals surface area (Å²) in [6.45, 7) is 4.68. The molecule has 3 rings (SSSR count). The van der Waals surface area contributed by atoms with Crippen molar-refractivity contribution in [1.82, 2.24) is 15.2 Å². The maximum absolute atomic E-state index is 12.2. The van der Waals surface area contributed by atoms with E-state index in [1.54, 1.807) is 25.5 Å². The molecule has 0 aliphatic carbocycles. The molecule has 27 heavy (non-hydrogen) atoms. The maximum Gasteiger partial charge on any atom is 0.271 e. The zero-order chi connectivity index (χ0) is 19.2. The summed E-state index contributed by atoms with van der Waals surface area (Å²) in [4.78, 5) is 12.2. The van der Waals surface area contributed by atoms with Crippen LogP contribution in [0, 0.1) is 13.8 Å². The molecule has 0 unspecified atom stereocenters. The van der Waals surface area contributed by atoms with Crippen LogP contribution in [0.4, 0.5) is 0 Å². The molecule has 0 spiro atoms. The maximum atomic E-state index is 12.2. The van der Waals surface area contributed by atoms with Gasteiger partial charge in [-0.2, -0.15) is 10.2 Å². The van der Waals surface area contributed by atoms with Crippen molar-refractivity contribution in [1.29, 1.82) is 0 Å². The molecule has 1 N–H and O–H groups in total. The van der Waals surface area contributed by atoms with E-state index in [9.17, 15) is 4.79 Å². The normalized spacial score (nSPS) is 10.9. The summed E-state index contributed by atoms with van der Waals surface area (Å²) < 4.78 is 7.05. The Labute approximate surface area is 158 Å². The minimum atomic E-state index is -0.252. The van der Waals surface area contributed by atoms with Gasteiger partial charge in [-0.15, -0.1) is 0 Å². The van der Waals surface area contributed by atoms with Crippen LogP contribution < -0.4 is 10.2 Å². The number of hydrogen-bond donors (Lipinski definition) is 1. The first kappa shape index (κ1) is 18.4. The molecule has 6 nitrogen and oxygen atoms in total. The van der Waals surface area contributed by atoms with Crippen molar-refractivity contribution in [2.24, 2.45) is 5.10 Å². The lowest BCUT2D eigenvalue weighted by molar-refractivity contribution is 0.0955. The summed E-state index contributed by atoms with van der Waals surface area (Å²) in [7, 11) is 1.62. The number of hydrazone groups is 1. The third-order valence-electron chi connectivity index (χ3n) is 4.15. The zero-order valence-electron chi connectivity index (χ0n) is 15.6. The highest BCUT2D eigenvalue weighted by molar-refractivity contribution is 5.94. The van der Waals surface area contributed by atoms with E-state index >= 15 is 0 Å². The lowest BCUT2D eigenvalue weighted by atomic mass is 10.1. The molecule has 0 atom stereocenters. The minimum Gasteiger partial charge on any atom is -0.497 e. The Hall–Kier alpha value is -3.41. The van der Waals surface area contributed by atoms with Crippen molar-refractivity contribution in [2.75, 3.05) is 7.11 Å². The van der Waals surface area contributed by atoms with Gasteiger partial charge in [0.1, 0.15) is 5.75 Å². The predicted octanol–water partition coefficient (Wildman–Crippen LogP) is 3.32. The smallest absolute Gasteiger partial charge is 0.271 e. The number of aryl methyl sites for hydroxylation is 2. The van der Waals surface area contributed by atoms with E-state index < -0.39 is 0 Å². The van der Waals surface area contributed by atoms with Crippen LogP contribution in [0.3, 0.4) is 0 Å². The molecule has 0 saturated heterocycles. The van der Waals surface area contributed by atoms with E-state index in [1.807, 2.05) is 61.0 Å². The first-order chi connectivity index (χ1) is 13.0. The number of rotatable bonds is 6. The van der Waals surface area contributed by atoms with Gasteiger partial charge >= 0.3 is 0 Å². The first-order valence-electron chi connectivity index (χ1n) is 8.62. The molecule has 3 aromatic rings. The Kier molecular flexibility index (Phi) is 5.66. The third-order valence-corrected chi connectivity index (χ3v) is 4.15. The average Bonchev–Trinajstić information content (AvgIpc) is 2.99. The van der Waals surface area contributed by atoms with Crippen LogP contribution in [0.25, 0.3) is 0 Å². The van der Waals surface area contributed by atoms with Crippen LogP contribution in [0.5, 0.6) is 5.75 Å². The van der Waals surface area contributed by atoms with Gasteiger partial charge in [-0.1, -0.05) is 12.1 Å². The molecule has 138 valence electrons. The van der Waals surface area contributed by atoms with Gasteiger partial charge in [0.05, 0.1) is 25.6 Å². The second-order valence-corrected chi connectivity index (χ2v) is 6.25. The number of methoxy groups -OCH3 is 1. The van der Waals surface area contributed by atoms with Gasteiger partial charge in [-0.05, 0) is 67.4 Å². The van der Waals surface area contributed by atoms with Crippen LogP contribution in [-0.2, 0) is 6.54 Å². The minimum absolute atomic E-state index is 0.252. The van der Waals surface area contributed by atoms with Crippen molar-refractivity contribution in [2.45, 2.75) is 20.4 Å². The molecular formula is C21H22N4O2. The predicted molar refractivity (Wildman–Crippen MR) is 105 cm³/mol. The molecule has 1 aromatic heterocycles. The standard InChI is InChI=1S/C21H22N4O2/c1-15-12-16(2)25(24-15)14-18-4-8-19(9-5-18)21(26)23-22-13-17-6-10-20(27-3)11-7-17/h4-13H,14H2,1-3H3,(H,23,26). The fourth-order valence-electron chi connectivity index (χ4n) is 2.69. The second kappa shape index (κ2) is 8.31. The van der Waals surface area contributed by atoms with Gasteiger partial charge in [-0.3, -0.25) is 9.48 Å². The van der Waals surface area contributed by atoms with Gasteiger partial charge in [0.15, 0.2) is 0 Å². The molecule has 0 fully saturated rings. The fourth-order valence-corrected chi connectivity index (χ4v) is 2.69. The Morgan fingerprint density at radius 1 is 1.15 bits per heavy atom. The summed E-state index contributed by atoms with van der Waals surface area (Å²) >= 11 is 0. The SMILES string of the molecule is COc1ccc(C=NNC(=O)c2ccc(Cn3nc(C)cc3C)cc2)cc1. The van der Waals surface area contributed by atoms with Crippen molar-refractivity contribution in [3.63, 3.8) is 0 Å². The second-order valence-electron chi connectivity index (χ2n) is 6.25. The zero-order valence-corrected chi connectivity index (χ0v) is 15.6. The molecular weight excluding hydrogens is 340 g/mol. The Morgan fingerprint density at radius 2 is 1.85 bits per heavy atom. The van der Waals surface area contributed by atoms with Crippen molar-refractivity contribution in [3.05, 3.63) is 82.7 Å². The molecule has 2 aromatic carbocycles. The summed E-state index contributed by atoms with van der Waals surface area (Å²) in [5.74, 6) is 0.522. The van der Waals surface area contributed by atoms with E-state index in [4.69, 9.17) is 4.74 Å². The number of hydrogen-bond acceptors (Lipinski definition) is 4. The number of nitrogens with zero attached hydrogens (tertiary/aromatic N) is 3. The highest BCUT2D eigenvalue weighted by Gasteiger charge is 2.06. The summed E-state index contributed by atoms with van der Waals surface area (Å²) in [6.07, 6.45) is 1.59. The first-order valence-corrected chi connectivity index (χ1v) is 8.62. The van der Waals surface area contributed by atoms with Crippen LogP contribution in [0.2, 0.25) is 0 Å². The molecule has 0 aliphatic rings. The topological polar surface area (TPSA) is 68.5 Å². The lowest BCUT2D eigenvalue weighted by Gasteiger charge is -2.06. The Balaban J connectivity index is 1.58. The van der Waals surface area contributed by atoms with Crippen molar-refractivity contribution in [3.8, 4) is 5.75 Å². The van der Waals surface area contributed by atoms with Gasteiger partial charge < -0.3 is 4.74 Å². The van der Waals surface area contributed by atoms with Crippen LogP contribution in [0.1, 0.15) is 32.9 Å². The van der Waals surface area contributed by atoms with Crippen LogP contribution >= 0.6 is 0 Å². The molecule has 0 aliphatic heterocycles. The van der Waals surface area contributed by atoms with E-state index in [2.05, 4.69) is 15.6 Å². The molecule has 6 heteroatoms. The number of ether oxygens (including phenoxy) is 1. The lowest BCUT2D eigenvalue weighted by Crippen LogP contribution is -2.17. The third kappa shape index (κ3) is 4.82. The highest BCUT2D eigenvalue weighted by Crippen LogP contribution is 2.10. The molecule has 1 amide bonds. The van der Waals surface area contributed by atoms with Gasteiger partial charge in [0, 0.05) is 11.3 Å². The van der Waals surface area contributed by atoms with Crippen LogP contribution in [-0.4, -0.2) is 29.0 Å². The number of benzene rings is 2. The van der Waals surface area contributed by atoms with E-state index in [1.165, 1.54) is 0 Å². The highest BCUT2D eigenvalue weighted by atomic mass is 16.5. The quantitative estimate of drug-likeness (QED) is 0.540. The van der Waals surface area contributed by atoms with Crippen molar-refractivity contribution < 1.29 is 9.53 Å². The van der Waals surface area contributed by atoms with Gasteiger partial charge in [-0.25, -0.2) is 5.43 Å². The summed E-state index contributed by atoms with van der Waals surface area (Å²) in [6, 6.07) is 16.9.